The van der Waals surface area contributed by atoms with Gasteiger partial charge in [0.25, 0.3) is 5.91 Å². The molecule has 3 rings (SSSR count). The van der Waals surface area contributed by atoms with E-state index in [0.717, 1.165) is 28.0 Å². The highest BCUT2D eigenvalue weighted by atomic mass is 19.4. The molecule has 8 nitrogen and oxygen atoms in total. The summed E-state index contributed by atoms with van der Waals surface area (Å²) in [5, 5.41) is 9.05. The predicted octanol–water partition coefficient (Wildman–Crippen LogP) is 3.49. The fraction of sp³-hybridized carbons (Fsp3) is 0.217. The van der Waals surface area contributed by atoms with Crippen LogP contribution < -0.4 is 10.6 Å². The molecule has 1 heterocycles. The molecule has 0 fully saturated rings. The molecule has 0 aliphatic carbocycles. The number of nitriles is 1. The number of ether oxygens (including phenoxy) is 1. The van der Waals surface area contributed by atoms with E-state index in [9.17, 15) is 27.6 Å². The first-order chi connectivity index (χ1) is 16.0. The van der Waals surface area contributed by atoms with Gasteiger partial charge in [0.15, 0.2) is 6.61 Å². The maximum atomic E-state index is 13.3. The van der Waals surface area contributed by atoms with Gasteiger partial charge in [0.05, 0.1) is 34.5 Å². The van der Waals surface area contributed by atoms with Crippen LogP contribution in [0.4, 0.5) is 23.7 Å². The third-order valence-electron chi connectivity index (χ3n) is 5.23. The van der Waals surface area contributed by atoms with Crippen molar-refractivity contribution in [3.05, 3.63) is 76.5 Å². The number of amides is 3. The van der Waals surface area contributed by atoms with Gasteiger partial charge in [-0.2, -0.15) is 18.4 Å². The fourth-order valence-corrected chi connectivity index (χ4v) is 3.65. The van der Waals surface area contributed by atoms with Crippen molar-refractivity contribution in [3.63, 3.8) is 0 Å². The first-order valence-corrected chi connectivity index (χ1v) is 9.86. The third kappa shape index (κ3) is 4.71. The Kier molecular flexibility index (Phi) is 6.63. The van der Waals surface area contributed by atoms with Crippen LogP contribution in [-0.4, -0.2) is 36.5 Å². The third-order valence-corrected chi connectivity index (χ3v) is 5.23. The molecule has 2 N–H and O–H groups in total. The second kappa shape index (κ2) is 9.27. The molecule has 0 radical (unpaired) electrons. The summed E-state index contributed by atoms with van der Waals surface area (Å²) in [6.07, 6.45) is -4.65. The molecule has 2 aromatic carbocycles. The van der Waals surface area contributed by atoms with Crippen LogP contribution in [0.1, 0.15) is 29.7 Å². The van der Waals surface area contributed by atoms with E-state index in [4.69, 9.17) is 15.7 Å². The van der Waals surface area contributed by atoms with Crippen molar-refractivity contribution in [2.24, 2.45) is 5.73 Å². The number of esters is 1. The van der Waals surface area contributed by atoms with Crippen LogP contribution in [0.15, 0.2) is 59.8 Å². The average Bonchev–Trinajstić information content (AvgIpc) is 2.79. The van der Waals surface area contributed by atoms with Crippen LogP contribution >= 0.6 is 0 Å². The van der Waals surface area contributed by atoms with Gasteiger partial charge in [-0.3, -0.25) is 9.69 Å². The van der Waals surface area contributed by atoms with E-state index in [1.54, 1.807) is 12.1 Å². The Morgan fingerprint density at radius 3 is 2.38 bits per heavy atom. The summed E-state index contributed by atoms with van der Waals surface area (Å²) in [6, 6.07) is 10.5. The zero-order chi connectivity index (χ0) is 25.2. The maximum absolute atomic E-state index is 13.3. The number of carbonyl (C=O) groups excluding carboxylic acids is 3. The quantitative estimate of drug-likeness (QED) is 0.669. The van der Waals surface area contributed by atoms with Crippen molar-refractivity contribution >= 4 is 23.6 Å². The highest BCUT2D eigenvalue weighted by molar-refractivity contribution is 6.03. The Morgan fingerprint density at radius 1 is 1.18 bits per heavy atom. The SMILES string of the molecule is CC1=C(C(=O)OCC(N)=O)C(c2ccc(C#N)cc2)N(C)C(=O)N1c1cccc(C(F)(F)F)c1. The second-order valence-corrected chi connectivity index (χ2v) is 7.45. The van der Waals surface area contributed by atoms with Crippen molar-refractivity contribution in [1.82, 2.24) is 4.90 Å². The number of nitrogens with two attached hydrogens (primary N) is 1. The van der Waals surface area contributed by atoms with E-state index in [-0.39, 0.29) is 17.0 Å². The molecular weight excluding hydrogens is 453 g/mol. The largest absolute Gasteiger partial charge is 0.452 e. The van der Waals surface area contributed by atoms with E-state index in [1.807, 2.05) is 6.07 Å². The first-order valence-electron chi connectivity index (χ1n) is 9.86. The molecule has 0 saturated carbocycles. The van der Waals surface area contributed by atoms with E-state index >= 15 is 0 Å². The highest BCUT2D eigenvalue weighted by Crippen LogP contribution is 2.40. The number of nitrogens with zero attached hydrogens (tertiary/aromatic N) is 3. The van der Waals surface area contributed by atoms with E-state index in [1.165, 1.54) is 32.2 Å². The van der Waals surface area contributed by atoms with Crippen molar-refractivity contribution in [1.29, 1.82) is 5.26 Å². The van der Waals surface area contributed by atoms with Crippen LogP contribution in [0.25, 0.3) is 0 Å². The molecule has 0 bridgehead atoms. The Balaban J connectivity index is 2.18. The number of rotatable bonds is 5. The predicted molar refractivity (Wildman–Crippen MR) is 114 cm³/mol. The Labute approximate surface area is 192 Å². The summed E-state index contributed by atoms with van der Waals surface area (Å²) < 4.78 is 44.8. The number of benzene rings is 2. The Hall–Kier alpha value is -4.33. The molecule has 1 aliphatic heterocycles. The number of hydrogen-bond donors (Lipinski definition) is 1. The molecule has 0 spiro atoms. The molecular formula is C23H19F3N4O4. The van der Waals surface area contributed by atoms with Crippen LogP contribution in [0.3, 0.4) is 0 Å². The maximum Gasteiger partial charge on any atom is 0.416 e. The molecule has 1 atom stereocenters. The number of primary amides is 1. The number of halogens is 3. The zero-order valence-corrected chi connectivity index (χ0v) is 18.1. The summed E-state index contributed by atoms with van der Waals surface area (Å²) >= 11 is 0. The van der Waals surface area contributed by atoms with Gasteiger partial charge >= 0.3 is 18.2 Å². The van der Waals surface area contributed by atoms with Crippen LogP contribution in [-0.2, 0) is 20.5 Å². The number of allylic oxidation sites excluding steroid dienone is 1. The first kappa shape index (κ1) is 24.3. The molecule has 34 heavy (non-hydrogen) atoms. The average molecular weight is 472 g/mol. The summed E-state index contributed by atoms with van der Waals surface area (Å²) in [7, 11) is 1.37. The molecule has 11 heteroatoms. The topological polar surface area (TPSA) is 117 Å². The summed E-state index contributed by atoms with van der Waals surface area (Å²) in [5.41, 5.74) is 4.72. The number of urea groups is 1. The molecule has 2 aromatic rings. The summed E-state index contributed by atoms with van der Waals surface area (Å²) in [5.74, 6) is -1.88. The zero-order valence-electron chi connectivity index (χ0n) is 18.1. The Morgan fingerprint density at radius 2 is 1.82 bits per heavy atom. The highest BCUT2D eigenvalue weighted by Gasteiger charge is 2.42. The van der Waals surface area contributed by atoms with Gasteiger partial charge in [0.1, 0.15) is 0 Å². The number of alkyl halides is 3. The van der Waals surface area contributed by atoms with Crippen molar-refractivity contribution in [2.45, 2.75) is 19.1 Å². The van der Waals surface area contributed by atoms with E-state index in [0.29, 0.717) is 11.1 Å². The lowest BCUT2D eigenvalue weighted by atomic mass is 9.92. The lowest BCUT2D eigenvalue weighted by molar-refractivity contribution is -0.144. The molecule has 176 valence electrons. The van der Waals surface area contributed by atoms with E-state index < -0.39 is 42.3 Å². The van der Waals surface area contributed by atoms with Gasteiger partial charge in [-0.1, -0.05) is 18.2 Å². The summed E-state index contributed by atoms with van der Waals surface area (Å²) in [4.78, 5) is 39.6. The summed E-state index contributed by atoms with van der Waals surface area (Å²) in [6.45, 7) is 0.666. The van der Waals surface area contributed by atoms with Crippen LogP contribution in [0, 0.1) is 11.3 Å². The standard InChI is InChI=1S/C23H19F3N4O4/c1-13-19(21(32)34-12-18(28)31)20(15-8-6-14(11-27)7-9-15)29(2)22(33)30(13)17-5-3-4-16(10-17)23(24,25)26/h3-10,20H,12H2,1-2H3,(H2,28,31). The van der Waals surface area contributed by atoms with Crippen LogP contribution in [0.2, 0.25) is 0 Å². The molecule has 0 aromatic heterocycles. The van der Waals surface area contributed by atoms with Crippen molar-refractivity contribution in [3.8, 4) is 6.07 Å². The smallest absolute Gasteiger partial charge is 0.416 e. The number of hydrogen-bond acceptors (Lipinski definition) is 5. The van der Waals surface area contributed by atoms with Gasteiger partial charge in [-0.15, -0.1) is 0 Å². The molecule has 1 unspecified atom stereocenters. The number of anilines is 1. The van der Waals surface area contributed by atoms with Crippen LogP contribution in [0.5, 0.6) is 0 Å². The van der Waals surface area contributed by atoms with Gasteiger partial charge in [0, 0.05) is 12.7 Å². The van der Waals surface area contributed by atoms with Gasteiger partial charge in [-0.25, -0.2) is 9.59 Å². The van der Waals surface area contributed by atoms with Crippen molar-refractivity contribution in [2.75, 3.05) is 18.6 Å². The lowest BCUT2D eigenvalue weighted by Gasteiger charge is -2.41. The number of likely N-dealkylation sites (N-methyl/N-ethyl adjacent to an activating group) is 1. The number of carbonyl (C=O) groups is 3. The van der Waals surface area contributed by atoms with Gasteiger partial charge in [0.2, 0.25) is 0 Å². The Bertz CT molecular complexity index is 1220. The fourth-order valence-electron chi connectivity index (χ4n) is 3.65. The van der Waals surface area contributed by atoms with E-state index in [2.05, 4.69) is 0 Å². The minimum atomic E-state index is -4.65. The minimum absolute atomic E-state index is 0.0197. The normalized spacial score (nSPS) is 16.4. The second-order valence-electron chi connectivity index (χ2n) is 7.45. The monoisotopic (exact) mass is 472 g/mol. The molecule has 3 amide bonds. The van der Waals surface area contributed by atoms with Gasteiger partial charge < -0.3 is 15.4 Å². The lowest BCUT2D eigenvalue weighted by Crippen LogP contribution is -2.49. The van der Waals surface area contributed by atoms with Crippen molar-refractivity contribution < 1.29 is 32.3 Å². The van der Waals surface area contributed by atoms with Gasteiger partial charge in [-0.05, 0) is 42.8 Å². The molecule has 0 saturated heterocycles. The minimum Gasteiger partial charge on any atom is -0.452 e. The molecule has 1 aliphatic rings.